The number of aromatic nitrogens is 2. The smallest absolute Gasteiger partial charge is 0.273 e. The van der Waals surface area contributed by atoms with Gasteiger partial charge in [-0.25, -0.2) is 0 Å². The highest BCUT2D eigenvalue weighted by Gasteiger charge is 2.42. The zero-order valence-corrected chi connectivity index (χ0v) is 20.1. The summed E-state index contributed by atoms with van der Waals surface area (Å²) >= 11 is 5.72. The van der Waals surface area contributed by atoms with E-state index < -0.39 is 4.92 Å². The molecule has 2 atom stereocenters. The molecule has 8 nitrogen and oxygen atoms in total. The van der Waals surface area contributed by atoms with Crippen LogP contribution in [0.1, 0.15) is 48.6 Å². The van der Waals surface area contributed by atoms with Crippen molar-refractivity contribution in [3.8, 4) is 11.4 Å². The van der Waals surface area contributed by atoms with Gasteiger partial charge in [-0.1, -0.05) is 6.07 Å². The van der Waals surface area contributed by atoms with Crippen molar-refractivity contribution < 1.29 is 9.66 Å². The van der Waals surface area contributed by atoms with E-state index in [4.69, 9.17) is 17.0 Å². The van der Waals surface area contributed by atoms with Gasteiger partial charge in [0, 0.05) is 29.7 Å². The Hall–Kier alpha value is -3.46. The van der Waals surface area contributed by atoms with Gasteiger partial charge in [-0.2, -0.15) is 0 Å². The second-order valence-electron chi connectivity index (χ2n) is 8.40. The maximum Gasteiger partial charge on any atom is 0.273 e. The molecule has 4 rings (SSSR count). The number of ether oxygens (including phenoxy) is 1. The first-order valence-electron chi connectivity index (χ1n) is 10.8. The van der Waals surface area contributed by atoms with Crippen molar-refractivity contribution in [3.63, 3.8) is 0 Å². The zero-order valence-electron chi connectivity index (χ0n) is 19.3. The van der Waals surface area contributed by atoms with E-state index in [1.807, 2.05) is 25.1 Å². The van der Waals surface area contributed by atoms with Crippen molar-refractivity contribution in [3.05, 3.63) is 81.4 Å². The van der Waals surface area contributed by atoms with E-state index in [1.165, 1.54) is 19.2 Å². The highest BCUT2D eigenvalue weighted by Crippen LogP contribution is 2.43. The number of rotatable bonds is 6. The minimum absolute atomic E-state index is 0.00942. The maximum absolute atomic E-state index is 11.2. The van der Waals surface area contributed by atoms with Crippen molar-refractivity contribution >= 4 is 23.0 Å². The van der Waals surface area contributed by atoms with Gasteiger partial charge in [0.1, 0.15) is 5.75 Å². The maximum atomic E-state index is 11.2. The molecule has 0 amide bonds. The number of nitro groups is 1. The molecule has 33 heavy (non-hydrogen) atoms. The minimum Gasteiger partial charge on any atom is -0.494 e. The molecule has 0 saturated carbocycles. The third kappa shape index (κ3) is 3.93. The summed E-state index contributed by atoms with van der Waals surface area (Å²) < 4.78 is 7.60. The Morgan fingerprint density at radius 1 is 1.21 bits per heavy atom. The molecule has 1 aliphatic heterocycles. The lowest BCUT2D eigenvalue weighted by atomic mass is 9.96. The van der Waals surface area contributed by atoms with E-state index in [2.05, 4.69) is 46.6 Å². The van der Waals surface area contributed by atoms with Gasteiger partial charge in [0.15, 0.2) is 5.11 Å². The van der Waals surface area contributed by atoms with Crippen LogP contribution in [0.2, 0.25) is 0 Å². The van der Waals surface area contributed by atoms with E-state index in [1.54, 1.807) is 12.3 Å². The van der Waals surface area contributed by atoms with Crippen LogP contribution in [0.25, 0.3) is 5.69 Å². The molecule has 0 radical (unpaired) electrons. The van der Waals surface area contributed by atoms with Gasteiger partial charge >= 0.3 is 0 Å². The molecule has 1 saturated heterocycles. The summed E-state index contributed by atoms with van der Waals surface area (Å²) in [5.41, 5.74) is 4.79. The summed E-state index contributed by atoms with van der Waals surface area (Å²) in [4.78, 5) is 17.6. The third-order valence-electron chi connectivity index (χ3n) is 6.10. The SMILES string of the molecule is COc1cc([N+](=O)[O-])ccc1-n1c(C)cc([C@H]2[C@H](c3ccccn3)NC(=S)N2C(C)C)c1C. The van der Waals surface area contributed by atoms with Gasteiger partial charge in [0.2, 0.25) is 0 Å². The Labute approximate surface area is 198 Å². The first-order valence-corrected chi connectivity index (χ1v) is 11.2. The second-order valence-corrected chi connectivity index (χ2v) is 8.79. The summed E-state index contributed by atoms with van der Waals surface area (Å²) in [6.07, 6.45) is 1.79. The van der Waals surface area contributed by atoms with Crippen LogP contribution in [0.3, 0.4) is 0 Å². The molecular weight excluding hydrogens is 438 g/mol. The number of benzene rings is 1. The molecule has 2 aromatic heterocycles. The molecule has 1 fully saturated rings. The largest absolute Gasteiger partial charge is 0.494 e. The molecule has 1 N–H and O–H groups in total. The van der Waals surface area contributed by atoms with E-state index in [-0.39, 0.29) is 23.8 Å². The van der Waals surface area contributed by atoms with Crippen LogP contribution in [-0.4, -0.2) is 37.6 Å². The standard InChI is InChI=1S/C24H27N5O3S/c1-14(2)27-23(22(26-24(27)33)19-8-6-7-11-25-19)18-12-15(3)28(16(18)4)20-10-9-17(29(30)31)13-21(20)32-5/h6-14,22-23H,1-5H3,(H,26,33)/t22-,23-/m0/s1. The van der Waals surface area contributed by atoms with Crippen LogP contribution < -0.4 is 10.1 Å². The molecule has 0 bridgehead atoms. The lowest BCUT2D eigenvalue weighted by Crippen LogP contribution is -2.35. The van der Waals surface area contributed by atoms with Crippen LogP contribution in [0.15, 0.2) is 48.7 Å². The molecule has 3 heterocycles. The Bertz CT molecular complexity index is 1210. The van der Waals surface area contributed by atoms with E-state index in [9.17, 15) is 10.1 Å². The fourth-order valence-corrected chi connectivity index (χ4v) is 5.13. The van der Waals surface area contributed by atoms with Crippen molar-refractivity contribution in [2.24, 2.45) is 0 Å². The van der Waals surface area contributed by atoms with E-state index >= 15 is 0 Å². The fourth-order valence-electron chi connectivity index (χ4n) is 4.68. The molecule has 0 spiro atoms. The van der Waals surface area contributed by atoms with E-state index in [0.717, 1.165) is 28.3 Å². The number of nitro benzene ring substituents is 1. The zero-order chi connectivity index (χ0) is 23.9. The highest BCUT2D eigenvalue weighted by molar-refractivity contribution is 7.80. The quantitative estimate of drug-likeness (QED) is 0.318. The molecule has 3 aromatic rings. The first-order chi connectivity index (χ1) is 15.7. The Morgan fingerprint density at radius 2 is 1.97 bits per heavy atom. The highest BCUT2D eigenvalue weighted by atomic mass is 32.1. The van der Waals surface area contributed by atoms with Crippen molar-refractivity contribution in [1.82, 2.24) is 19.8 Å². The van der Waals surface area contributed by atoms with Gasteiger partial charge in [-0.15, -0.1) is 0 Å². The fraction of sp³-hybridized carbons (Fsp3) is 0.333. The molecule has 172 valence electrons. The third-order valence-corrected chi connectivity index (χ3v) is 6.42. The van der Waals surface area contributed by atoms with E-state index in [0.29, 0.717) is 10.9 Å². The lowest BCUT2D eigenvalue weighted by molar-refractivity contribution is -0.384. The molecular formula is C24H27N5O3S. The number of hydrogen-bond acceptors (Lipinski definition) is 5. The van der Waals surface area contributed by atoms with Crippen LogP contribution in [0, 0.1) is 24.0 Å². The van der Waals surface area contributed by atoms with Crippen LogP contribution in [0.4, 0.5) is 5.69 Å². The number of nitrogens with one attached hydrogen (secondary N) is 1. The van der Waals surface area contributed by atoms with Crippen molar-refractivity contribution in [1.29, 1.82) is 0 Å². The first kappa shape index (κ1) is 22.7. The number of methoxy groups -OCH3 is 1. The number of nitrogens with zero attached hydrogens (tertiary/aromatic N) is 4. The molecule has 0 unspecified atom stereocenters. The number of non-ortho nitro benzene ring substituents is 1. The molecule has 1 aromatic carbocycles. The monoisotopic (exact) mass is 465 g/mol. The summed E-state index contributed by atoms with van der Waals surface area (Å²) in [7, 11) is 1.52. The predicted molar refractivity (Wildman–Crippen MR) is 131 cm³/mol. The number of aryl methyl sites for hydroxylation is 1. The van der Waals surface area contributed by atoms with Crippen LogP contribution in [-0.2, 0) is 0 Å². The van der Waals surface area contributed by atoms with Crippen LogP contribution in [0.5, 0.6) is 5.75 Å². The minimum atomic E-state index is -0.420. The number of hydrogen-bond donors (Lipinski definition) is 1. The Kier molecular flexibility index (Phi) is 6.07. The van der Waals surface area contributed by atoms with Crippen LogP contribution >= 0.6 is 12.2 Å². The molecule has 0 aliphatic carbocycles. The van der Waals surface area contributed by atoms with Gasteiger partial charge < -0.3 is 19.5 Å². The topological polar surface area (TPSA) is 85.5 Å². The average molecular weight is 466 g/mol. The lowest BCUT2D eigenvalue weighted by Gasteiger charge is -2.31. The van der Waals surface area contributed by atoms with Crippen molar-refractivity contribution in [2.75, 3.05) is 7.11 Å². The molecule has 9 heteroatoms. The molecule has 1 aliphatic rings. The van der Waals surface area contributed by atoms with Crippen molar-refractivity contribution in [2.45, 2.75) is 45.8 Å². The Morgan fingerprint density at radius 3 is 2.58 bits per heavy atom. The van der Waals surface area contributed by atoms with Gasteiger partial charge in [-0.05, 0) is 69.7 Å². The normalized spacial score (nSPS) is 18.0. The Balaban J connectivity index is 1.87. The van der Waals surface area contributed by atoms with Gasteiger partial charge in [0.05, 0.1) is 41.6 Å². The summed E-state index contributed by atoms with van der Waals surface area (Å²) in [5.74, 6) is 0.444. The summed E-state index contributed by atoms with van der Waals surface area (Å²) in [5, 5.41) is 15.4. The second kappa shape index (κ2) is 8.82. The number of pyridine rings is 1. The summed E-state index contributed by atoms with van der Waals surface area (Å²) in [6.45, 7) is 8.33. The van der Waals surface area contributed by atoms with Gasteiger partial charge in [-0.3, -0.25) is 15.1 Å². The number of thiocarbonyl (C=S) groups is 1. The van der Waals surface area contributed by atoms with Gasteiger partial charge in [0.25, 0.3) is 5.69 Å². The summed E-state index contributed by atoms with van der Waals surface area (Å²) in [6, 6.07) is 12.8. The predicted octanol–water partition coefficient (Wildman–Crippen LogP) is 4.79. The average Bonchev–Trinajstić information content (AvgIpc) is 3.29.